The topological polar surface area (TPSA) is 105 Å². The molecule has 20 aromatic rings. The molecular weight excluding hydrogens is 3290 g/mol. The normalized spacial score (nSPS) is 8.83. The van der Waals surface area contributed by atoms with Crippen LogP contribution in [-0.4, -0.2) is 0 Å². The van der Waals surface area contributed by atoms with E-state index in [4.69, 9.17) is 35.3 Å². The van der Waals surface area contributed by atoms with Crippen LogP contribution in [0.15, 0.2) is 229 Å². The third-order valence-corrected chi connectivity index (χ3v) is 19.4. The molecule has 0 saturated carbocycles. The Morgan fingerprint density at radius 1 is 0.146 bits per heavy atom. The molecule has 22 radical (unpaired) electrons. The molecule has 0 saturated heterocycles. The Kier molecular flexibility index (Phi) is 126. The summed E-state index contributed by atoms with van der Waals surface area (Å²) in [5.74, 6) is 0. The number of fused-ring (bicyclic) bond motifs is 26. The molecule has 0 unspecified atom stereocenters. The van der Waals surface area contributed by atoms with Gasteiger partial charge in [0.1, 0.15) is 67.0 Å². The molecule has 8 heterocycles. The summed E-state index contributed by atoms with van der Waals surface area (Å²) in [6, 6.07) is 68.3. The van der Waals surface area contributed by atoms with Crippen molar-refractivity contribution in [2.45, 2.75) is 122 Å². The van der Waals surface area contributed by atoms with Gasteiger partial charge in [-0.2, -0.15) is 0 Å². The summed E-state index contributed by atoms with van der Waals surface area (Å²) < 4.78 is 48.7. The molecule has 0 aliphatic heterocycles. The van der Waals surface area contributed by atoms with Gasteiger partial charge in [-0.15, -0.1) is 0 Å². The number of hydrogen-bond donors (Lipinski definition) is 0. The zero-order chi connectivity index (χ0) is 67.6. The minimum atomic E-state index is 0. The monoisotopic (exact) mass is 3390 g/mol. The number of hydrogen-bond acceptors (Lipinski definition) is 8. The summed E-state index contributed by atoms with van der Waals surface area (Å²) in [4.78, 5) is 0. The molecular formula is C100H110O8Y22-10. The van der Waals surface area contributed by atoms with Crippen molar-refractivity contribution in [1.29, 1.82) is 0 Å². The Morgan fingerprint density at radius 3 is 0.462 bits per heavy atom. The van der Waals surface area contributed by atoms with Crippen LogP contribution < -0.4 is 0 Å². The smallest absolute Gasteiger partial charge is 0.178 e. The van der Waals surface area contributed by atoms with Gasteiger partial charge in [0.05, 0.1) is 0 Å². The fourth-order valence-electron chi connectivity index (χ4n) is 14.1. The van der Waals surface area contributed by atoms with Crippen LogP contribution in [-0.2, 0) is 758 Å². The Bertz CT molecular complexity index is 6310. The summed E-state index contributed by atoms with van der Waals surface area (Å²) in [7, 11) is 0. The number of furan rings is 8. The molecule has 0 atom stereocenters. The molecule has 0 fully saturated rings. The van der Waals surface area contributed by atoms with Crippen molar-refractivity contribution in [1.82, 2.24) is 0 Å². The maximum absolute atomic E-state index is 6.16. The van der Waals surface area contributed by atoms with E-state index in [1.165, 1.54) is 76.8 Å². The van der Waals surface area contributed by atoms with Gasteiger partial charge in [-0.3, -0.25) is 0 Å². The minimum Gasteiger partial charge on any atom is -0.456 e. The molecule has 20 rings (SSSR count). The Labute approximate surface area is 1330 Å². The van der Waals surface area contributed by atoms with E-state index in [9.17, 15) is 0 Å². The first-order valence-corrected chi connectivity index (χ1v) is 35.2. The third-order valence-electron chi connectivity index (χ3n) is 19.4. The summed E-state index contributed by atoms with van der Waals surface area (Å²) in [6.45, 7) is 25.3. The van der Waals surface area contributed by atoms with Crippen LogP contribution in [0.25, 0.3) is 176 Å². The second kappa shape index (κ2) is 88.4. The van der Waals surface area contributed by atoms with Crippen LogP contribution in [0, 0.1) is 88.1 Å². The molecule has 634 valence electrons. The summed E-state index contributed by atoms with van der Waals surface area (Å²) in [5.41, 5.74) is 24.8. The predicted molar refractivity (Wildman–Crippen MR) is 477 cm³/mol. The van der Waals surface area contributed by atoms with Crippen LogP contribution >= 0.6 is 0 Å². The molecule has 8 nitrogen and oxygen atoms in total. The van der Waals surface area contributed by atoms with E-state index in [0.29, 0.717) is 0 Å². The van der Waals surface area contributed by atoms with Crippen molar-refractivity contribution in [3.8, 4) is 0 Å². The fourth-order valence-corrected chi connectivity index (χ4v) is 14.1. The molecule has 0 aliphatic carbocycles. The SMILES string of the molecule is CC.CC.CCc1ccc2oc3c(ccc4c5cc(C)ccc5oc43)c2c1.CCc1ccc2oc3c(ccc4c5cc(CC)ccc5oc43)c2c1.CCc1ccc2oc3cc4oc5ccc(C)cc5c4cc3c2c1.CCc1ccc2oc3cc4oc5ccc(CC)cc5c4cc3c2c1.[CH3-].[CH3-].[CH3-].[CH3-].[CH3-].[CH3-].[CH3-].[CH3-].[CH3-].[CH3-].[Y].[Y].[Y].[Y].[Y].[Y].[Y].[Y].[Y].[Y].[Y].[Y].[Y].[Y].[Y].[Y].[Y].[Y].[Y].[Y].[Y].[Y]. The third kappa shape index (κ3) is 41.4. The minimum absolute atomic E-state index is 0. The van der Waals surface area contributed by atoms with Crippen LogP contribution in [0.5, 0.6) is 0 Å². The Hall–Kier alpha value is 13.3. The zero-order valence-electron chi connectivity index (χ0n) is 80.7. The number of rotatable bonds is 6. The maximum atomic E-state index is 6.16. The average molecular weight is 3400 g/mol. The van der Waals surface area contributed by atoms with E-state index < -0.39 is 0 Å². The van der Waals surface area contributed by atoms with E-state index in [1.807, 2.05) is 52.0 Å². The van der Waals surface area contributed by atoms with Gasteiger partial charge in [-0.05, 0) is 219 Å². The van der Waals surface area contributed by atoms with Gasteiger partial charge in [0.15, 0.2) is 22.3 Å². The molecule has 0 aliphatic rings. The van der Waals surface area contributed by atoms with Gasteiger partial charge in [-0.25, -0.2) is 0 Å². The zero-order valence-corrected chi connectivity index (χ0v) is 143. The molecule has 0 spiro atoms. The van der Waals surface area contributed by atoms with E-state index in [1.54, 1.807) is 0 Å². The van der Waals surface area contributed by atoms with Gasteiger partial charge in [0.2, 0.25) is 0 Å². The average Bonchev–Trinajstić information content (AvgIpc) is 1.61. The largest absolute Gasteiger partial charge is 0.456 e. The van der Waals surface area contributed by atoms with E-state index in [2.05, 4.69) is 225 Å². The van der Waals surface area contributed by atoms with Gasteiger partial charge < -0.3 is 110 Å². The van der Waals surface area contributed by atoms with Crippen LogP contribution in [0.4, 0.5) is 0 Å². The molecule has 0 N–H and O–H groups in total. The summed E-state index contributed by atoms with van der Waals surface area (Å²) in [5, 5.41) is 18.5. The number of aryl methyl sites for hydroxylation is 8. The van der Waals surface area contributed by atoms with Crippen LogP contribution in [0.2, 0.25) is 0 Å². The van der Waals surface area contributed by atoms with Crippen LogP contribution in [0.3, 0.4) is 0 Å². The fraction of sp³-hybridized carbons (Fsp3) is 0.180. The molecule has 130 heavy (non-hydrogen) atoms. The van der Waals surface area contributed by atoms with E-state index in [0.717, 1.165) is 182 Å². The molecule has 0 bridgehead atoms. The maximum Gasteiger partial charge on any atom is 0.178 e. The standard InChI is InChI=1S/2C22H18O2.2C21H16O2.2C2H6.10CH3.22Y/c1-3-13-5-9-19-17(11-13)15-7-8-16-18-12-14(4-2)6-10-20(18)24-22(16)21(15)23-19;1-3-13-5-7-19-15(9-13)17-11-18-16-10-14(4-2)6-8-20(16)24-22(18)12-21(17)23-19;1-3-13-5-9-19-17(11-13)15-7-6-14-16-10-12(2)4-8-18(16)22-20(14)21(15)23-19;1-3-13-5-7-19-15(9-13)17-10-16-14-8-12(2)4-6-18(14)22-20(16)11-21(17)23-19;2*1-2;;;;;;;;;;;;;;;;;;;;;;;;;;;;;;;;/h2*5-12H,3-4H2,1-2H3;2*4-11H,3H2,1-2H3;2*1-2H3;10*1H3;;;;;;;;;;;;;;;;;;;;;;/q;;;;;;10*-1;;;;;;;;;;;;;;;;;;;;;;. The summed E-state index contributed by atoms with van der Waals surface area (Å²) >= 11 is 0. The van der Waals surface area contributed by atoms with Gasteiger partial charge >= 0.3 is 0 Å². The van der Waals surface area contributed by atoms with E-state index >= 15 is 0 Å². The molecule has 8 aromatic heterocycles. The number of benzene rings is 12. The van der Waals surface area contributed by atoms with Gasteiger partial charge in [0.25, 0.3) is 0 Å². The van der Waals surface area contributed by atoms with Gasteiger partial charge in [-0.1, -0.05) is 129 Å². The first-order valence-electron chi connectivity index (χ1n) is 35.2. The summed E-state index contributed by atoms with van der Waals surface area (Å²) in [6.07, 6.45) is 6.15. The van der Waals surface area contributed by atoms with Crippen molar-refractivity contribution in [3.63, 3.8) is 0 Å². The molecule has 30 heteroatoms. The first kappa shape index (κ1) is 185. The Balaban J connectivity index is -0.0000000734. The second-order valence-corrected chi connectivity index (χ2v) is 25.2. The van der Waals surface area contributed by atoms with Crippen molar-refractivity contribution < 1.29 is 755 Å². The Morgan fingerprint density at radius 2 is 0.285 bits per heavy atom. The van der Waals surface area contributed by atoms with Crippen molar-refractivity contribution in [2.75, 3.05) is 0 Å². The predicted octanol–water partition coefficient (Wildman–Crippen LogP) is 32.4. The molecule has 0 amide bonds. The van der Waals surface area contributed by atoms with E-state index in [-0.39, 0.29) is 794 Å². The van der Waals surface area contributed by atoms with Crippen molar-refractivity contribution in [2.24, 2.45) is 0 Å². The quantitative estimate of drug-likeness (QED) is 0.152. The van der Waals surface area contributed by atoms with Crippen LogP contribution in [0.1, 0.15) is 114 Å². The molecule has 12 aromatic carbocycles. The van der Waals surface area contributed by atoms with Gasteiger partial charge in [0, 0.05) is 818 Å². The van der Waals surface area contributed by atoms with Crippen molar-refractivity contribution >= 4 is 176 Å². The van der Waals surface area contributed by atoms with Crippen molar-refractivity contribution in [3.05, 3.63) is 313 Å². The first-order chi connectivity index (χ1) is 48.0. The second-order valence-electron chi connectivity index (χ2n) is 25.2.